The lowest BCUT2D eigenvalue weighted by atomic mass is 9.79. The fourth-order valence-electron chi connectivity index (χ4n) is 3.23. The van der Waals surface area contributed by atoms with Gasteiger partial charge in [0.1, 0.15) is 0 Å². The van der Waals surface area contributed by atoms with E-state index in [4.69, 9.17) is 5.73 Å². The van der Waals surface area contributed by atoms with E-state index >= 15 is 0 Å². The molecule has 0 aromatic carbocycles. The number of hydrogen-bond acceptors (Lipinski definition) is 2. The molecule has 82 valence electrons. The monoisotopic (exact) mass is 196 g/mol. The van der Waals surface area contributed by atoms with Crippen LogP contribution in [0.2, 0.25) is 0 Å². The Labute approximate surface area is 87.8 Å². The minimum absolute atomic E-state index is 0.401. The Balaban J connectivity index is 2.01. The summed E-state index contributed by atoms with van der Waals surface area (Å²) in [5.74, 6) is 0. The third-order valence-corrected chi connectivity index (χ3v) is 4.19. The van der Waals surface area contributed by atoms with E-state index in [9.17, 15) is 0 Å². The van der Waals surface area contributed by atoms with Crippen molar-refractivity contribution in [3.63, 3.8) is 0 Å². The number of nitrogens with two attached hydrogens (primary N) is 1. The molecule has 0 unspecified atom stereocenters. The van der Waals surface area contributed by atoms with E-state index < -0.39 is 0 Å². The molecule has 0 atom stereocenters. The van der Waals surface area contributed by atoms with Gasteiger partial charge in [0.05, 0.1) is 0 Å². The number of nitrogens with zero attached hydrogens (tertiary/aromatic N) is 1. The van der Waals surface area contributed by atoms with Crippen LogP contribution in [0.15, 0.2) is 0 Å². The van der Waals surface area contributed by atoms with Crippen molar-refractivity contribution in [2.45, 2.75) is 56.9 Å². The first-order chi connectivity index (χ1) is 6.87. The Morgan fingerprint density at radius 1 is 0.857 bits per heavy atom. The lowest BCUT2D eigenvalue weighted by Crippen LogP contribution is -2.56. The van der Waals surface area contributed by atoms with Crippen LogP contribution in [-0.4, -0.2) is 30.1 Å². The molecular formula is C12H24N2. The number of rotatable bonds is 2. The molecule has 0 bridgehead atoms. The minimum Gasteiger partial charge on any atom is -0.329 e. The van der Waals surface area contributed by atoms with Crippen LogP contribution in [0.3, 0.4) is 0 Å². The average Bonchev–Trinajstić information content (AvgIpc) is 2.31. The molecule has 0 aromatic rings. The molecule has 14 heavy (non-hydrogen) atoms. The molecule has 1 saturated carbocycles. The number of likely N-dealkylation sites (tertiary alicyclic amines) is 1. The zero-order valence-corrected chi connectivity index (χ0v) is 9.30. The van der Waals surface area contributed by atoms with Crippen LogP contribution in [0, 0.1) is 0 Å². The Bertz CT molecular complexity index is 167. The lowest BCUT2D eigenvalue weighted by Gasteiger charge is -2.47. The largest absolute Gasteiger partial charge is 0.329 e. The smallest absolute Gasteiger partial charge is 0.0331 e. The Hall–Kier alpha value is -0.0800. The first-order valence-corrected chi connectivity index (χ1v) is 6.32. The Kier molecular flexibility index (Phi) is 3.45. The highest BCUT2D eigenvalue weighted by Gasteiger charge is 2.36. The maximum atomic E-state index is 6.03. The van der Waals surface area contributed by atoms with Crippen LogP contribution >= 0.6 is 0 Å². The standard InChI is InChI=1S/C12H24N2/c13-11-12(7-3-1-4-8-12)14-9-5-2-6-10-14/h1-11,13H2. The summed E-state index contributed by atoms with van der Waals surface area (Å²) in [6, 6.07) is 0. The van der Waals surface area contributed by atoms with Crippen LogP contribution in [0.4, 0.5) is 0 Å². The summed E-state index contributed by atoms with van der Waals surface area (Å²) >= 11 is 0. The maximum Gasteiger partial charge on any atom is 0.0331 e. The Morgan fingerprint density at radius 2 is 1.43 bits per heavy atom. The zero-order valence-electron chi connectivity index (χ0n) is 9.30. The van der Waals surface area contributed by atoms with Crippen molar-refractivity contribution in [1.82, 2.24) is 4.90 Å². The van der Waals surface area contributed by atoms with Gasteiger partial charge in [-0.1, -0.05) is 25.7 Å². The van der Waals surface area contributed by atoms with Crippen LogP contribution in [0.5, 0.6) is 0 Å². The second kappa shape index (κ2) is 4.63. The Morgan fingerprint density at radius 3 is 2.00 bits per heavy atom. The molecule has 0 amide bonds. The fourth-order valence-corrected chi connectivity index (χ4v) is 3.23. The highest BCUT2D eigenvalue weighted by molar-refractivity contribution is 4.94. The highest BCUT2D eigenvalue weighted by atomic mass is 15.2. The maximum absolute atomic E-state index is 6.03. The van der Waals surface area contributed by atoms with Crippen LogP contribution in [-0.2, 0) is 0 Å². The molecule has 2 rings (SSSR count). The van der Waals surface area contributed by atoms with Crippen molar-refractivity contribution in [1.29, 1.82) is 0 Å². The van der Waals surface area contributed by atoms with Gasteiger partial charge in [-0.3, -0.25) is 4.90 Å². The van der Waals surface area contributed by atoms with E-state index in [0.29, 0.717) is 5.54 Å². The quantitative estimate of drug-likeness (QED) is 0.733. The van der Waals surface area contributed by atoms with Crippen LogP contribution in [0.25, 0.3) is 0 Å². The van der Waals surface area contributed by atoms with Gasteiger partial charge < -0.3 is 5.73 Å². The molecule has 1 aliphatic heterocycles. The second-order valence-electron chi connectivity index (χ2n) is 5.04. The molecule has 0 aromatic heterocycles. The van der Waals surface area contributed by atoms with Crippen LogP contribution < -0.4 is 5.73 Å². The summed E-state index contributed by atoms with van der Waals surface area (Å²) in [4.78, 5) is 2.70. The van der Waals surface area contributed by atoms with Crippen LogP contribution in [0.1, 0.15) is 51.4 Å². The molecule has 1 saturated heterocycles. The second-order valence-corrected chi connectivity index (χ2v) is 5.04. The lowest BCUT2D eigenvalue weighted by molar-refractivity contribution is 0.0404. The van der Waals surface area contributed by atoms with E-state index in [1.807, 2.05) is 0 Å². The van der Waals surface area contributed by atoms with Gasteiger partial charge in [-0.05, 0) is 38.8 Å². The molecular weight excluding hydrogens is 172 g/mol. The minimum atomic E-state index is 0.401. The van der Waals surface area contributed by atoms with Crippen molar-refractivity contribution in [2.75, 3.05) is 19.6 Å². The van der Waals surface area contributed by atoms with Crippen molar-refractivity contribution in [3.8, 4) is 0 Å². The van der Waals surface area contributed by atoms with E-state index in [0.717, 1.165) is 6.54 Å². The molecule has 2 heteroatoms. The van der Waals surface area contributed by atoms with Gasteiger partial charge in [0, 0.05) is 12.1 Å². The van der Waals surface area contributed by atoms with Gasteiger partial charge in [0.15, 0.2) is 0 Å². The molecule has 2 aliphatic rings. The number of hydrogen-bond donors (Lipinski definition) is 1. The SMILES string of the molecule is NCC1(N2CCCCC2)CCCCC1. The predicted octanol–water partition coefficient (Wildman–Crippen LogP) is 2.13. The zero-order chi connectivity index (χ0) is 9.86. The molecule has 0 spiro atoms. The summed E-state index contributed by atoms with van der Waals surface area (Å²) in [6.45, 7) is 3.49. The molecule has 1 aliphatic carbocycles. The topological polar surface area (TPSA) is 29.3 Å². The molecule has 1 heterocycles. The van der Waals surface area contributed by atoms with Crippen molar-refractivity contribution in [3.05, 3.63) is 0 Å². The van der Waals surface area contributed by atoms with Gasteiger partial charge >= 0.3 is 0 Å². The van der Waals surface area contributed by atoms with Gasteiger partial charge in [-0.25, -0.2) is 0 Å². The summed E-state index contributed by atoms with van der Waals surface area (Å²) in [7, 11) is 0. The highest BCUT2D eigenvalue weighted by Crippen LogP contribution is 2.34. The summed E-state index contributed by atoms with van der Waals surface area (Å²) in [6.07, 6.45) is 11.1. The van der Waals surface area contributed by atoms with Crippen molar-refractivity contribution < 1.29 is 0 Å². The third kappa shape index (κ3) is 1.96. The number of piperidine rings is 1. The average molecular weight is 196 g/mol. The van der Waals surface area contributed by atoms with Gasteiger partial charge in [-0.2, -0.15) is 0 Å². The van der Waals surface area contributed by atoms with Gasteiger partial charge in [0.25, 0.3) is 0 Å². The summed E-state index contributed by atoms with van der Waals surface area (Å²) in [5, 5.41) is 0. The van der Waals surface area contributed by atoms with E-state index in [1.165, 1.54) is 64.5 Å². The van der Waals surface area contributed by atoms with Gasteiger partial charge in [0.2, 0.25) is 0 Å². The molecule has 0 radical (unpaired) electrons. The summed E-state index contributed by atoms with van der Waals surface area (Å²) in [5.41, 5.74) is 6.43. The molecule has 2 N–H and O–H groups in total. The van der Waals surface area contributed by atoms with E-state index in [1.54, 1.807) is 0 Å². The molecule has 2 fully saturated rings. The normalized spacial score (nSPS) is 28.9. The fraction of sp³-hybridized carbons (Fsp3) is 1.00. The van der Waals surface area contributed by atoms with Gasteiger partial charge in [-0.15, -0.1) is 0 Å². The van der Waals surface area contributed by atoms with Crippen molar-refractivity contribution in [2.24, 2.45) is 5.73 Å². The molecule has 2 nitrogen and oxygen atoms in total. The first-order valence-electron chi connectivity index (χ1n) is 6.32. The van der Waals surface area contributed by atoms with E-state index in [2.05, 4.69) is 4.90 Å². The van der Waals surface area contributed by atoms with E-state index in [-0.39, 0.29) is 0 Å². The predicted molar refractivity (Wildman–Crippen MR) is 60.3 cm³/mol. The summed E-state index contributed by atoms with van der Waals surface area (Å²) < 4.78 is 0. The van der Waals surface area contributed by atoms with Crippen molar-refractivity contribution >= 4 is 0 Å². The first kappa shape index (κ1) is 10.4. The third-order valence-electron chi connectivity index (χ3n) is 4.19.